The van der Waals surface area contributed by atoms with Crippen LogP contribution in [0.3, 0.4) is 0 Å². The fourth-order valence-electron chi connectivity index (χ4n) is 3.25. The molecule has 1 aromatic rings. The van der Waals surface area contributed by atoms with Gasteiger partial charge in [0.1, 0.15) is 0 Å². The molecule has 1 saturated heterocycles. The number of benzene rings is 1. The highest BCUT2D eigenvalue weighted by molar-refractivity contribution is 5.26. The normalized spacial score (nSPS) is 22.9. The lowest BCUT2D eigenvalue weighted by molar-refractivity contribution is 0.134. The lowest BCUT2D eigenvalue weighted by atomic mass is 9.81. The second-order valence-electron chi connectivity index (χ2n) is 6.16. The van der Waals surface area contributed by atoms with Crippen LogP contribution in [0.15, 0.2) is 30.3 Å². The largest absolute Gasteiger partial charge is 0.395 e. The van der Waals surface area contributed by atoms with Crippen LogP contribution in [0, 0.1) is 0 Å². The molecule has 2 rings (SSSR count). The average Bonchev–Trinajstić information content (AvgIpc) is 2.93. The molecule has 0 aliphatic carbocycles. The topological polar surface area (TPSA) is 35.5 Å². The molecule has 2 atom stereocenters. The van der Waals surface area contributed by atoms with Crippen molar-refractivity contribution in [3.63, 3.8) is 0 Å². The number of likely N-dealkylation sites (tertiary alicyclic amines) is 1. The molecule has 3 nitrogen and oxygen atoms in total. The minimum atomic E-state index is 0.0923. The highest BCUT2D eigenvalue weighted by Crippen LogP contribution is 2.28. The van der Waals surface area contributed by atoms with Crippen molar-refractivity contribution in [1.82, 2.24) is 10.2 Å². The van der Waals surface area contributed by atoms with E-state index in [1.54, 1.807) is 0 Å². The Kier molecular flexibility index (Phi) is 5.58. The van der Waals surface area contributed by atoms with Crippen molar-refractivity contribution >= 4 is 0 Å². The number of aliphatic hydroxyl groups is 1. The number of hydrogen-bond donors (Lipinski definition) is 2. The SMILES string of the molecule is CCNCC(C)(CN1CCCC1CO)c1ccccc1. The van der Waals surface area contributed by atoms with Gasteiger partial charge in [0, 0.05) is 24.5 Å². The molecule has 3 heteroatoms. The summed E-state index contributed by atoms with van der Waals surface area (Å²) in [4.78, 5) is 2.46. The Bertz CT molecular complexity index is 395. The fraction of sp³-hybridized carbons (Fsp3) is 0.647. The van der Waals surface area contributed by atoms with Gasteiger partial charge in [-0.2, -0.15) is 0 Å². The van der Waals surface area contributed by atoms with Gasteiger partial charge in [-0.05, 0) is 31.5 Å². The molecule has 2 unspecified atom stereocenters. The average molecular weight is 276 g/mol. The van der Waals surface area contributed by atoms with Crippen molar-refractivity contribution in [2.45, 2.75) is 38.1 Å². The highest BCUT2D eigenvalue weighted by atomic mass is 16.3. The molecule has 1 heterocycles. The van der Waals surface area contributed by atoms with Crippen molar-refractivity contribution in [3.8, 4) is 0 Å². The zero-order valence-electron chi connectivity index (χ0n) is 12.8. The molecular formula is C17H28N2O. The van der Waals surface area contributed by atoms with E-state index >= 15 is 0 Å². The number of nitrogens with one attached hydrogen (secondary N) is 1. The molecule has 0 bridgehead atoms. The molecule has 1 aliphatic heterocycles. The van der Waals surface area contributed by atoms with Crippen LogP contribution in [-0.2, 0) is 5.41 Å². The summed E-state index contributed by atoms with van der Waals surface area (Å²) in [6.45, 7) is 8.85. The fourth-order valence-corrected chi connectivity index (χ4v) is 3.25. The van der Waals surface area contributed by atoms with E-state index in [0.717, 1.165) is 32.6 Å². The van der Waals surface area contributed by atoms with Crippen LogP contribution in [0.2, 0.25) is 0 Å². The summed E-state index contributed by atoms with van der Waals surface area (Å²) in [6, 6.07) is 11.1. The van der Waals surface area contributed by atoms with Crippen molar-refractivity contribution in [2.75, 3.05) is 32.8 Å². The minimum Gasteiger partial charge on any atom is -0.395 e. The van der Waals surface area contributed by atoms with Gasteiger partial charge in [0.05, 0.1) is 6.61 Å². The quantitative estimate of drug-likeness (QED) is 0.800. The first kappa shape index (κ1) is 15.5. The second-order valence-corrected chi connectivity index (χ2v) is 6.16. The van der Waals surface area contributed by atoms with E-state index in [9.17, 15) is 5.11 Å². The summed E-state index contributed by atoms with van der Waals surface area (Å²) < 4.78 is 0. The summed E-state index contributed by atoms with van der Waals surface area (Å²) in [7, 11) is 0. The third kappa shape index (κ3) is 3.60. The molecule has 0 aromatic heterocycles. The number of likely N-dealkylation sites (N-methyl/N-ethyl adjacent to an activating group) is 1. The van der Waals surface area contributed by atoms with Gasteiger partial charge in [-0.1, -0.05) is 44.2 Å². The minimum absolute atomic E-state index is 0.0923. The number of hydrogen-bond acceptors (Lipinski definition) is 3. The Hall–Kier alpha value is -0.900. The van der Waals surface area contributed by atoms with E-state index in [2.05, 4.69) is 54.4 Å². The van der Waals surface area contributed by atoms with Crippen LogP contribution in [-0.4, -0.2) is 48.8 Å². The molecule has 0 spiro atoms. The highest BCUT2D eigenvalue weighted by Gasteiger charge is 2.33. The van der Waals surface area contributed by atoms with E-state index in [-0.39, 0.29) is 12.0 Å². The van der Waals surface area contributed by atoms with Gasteiger partial charge in [-0.3, -0.25) is 4.90 Å². The third-order valence-electron chi connectivity index (χ3n) is 4.50. The predicted molar refractivity (Wildman–Crippen MR) is 84.0 cm³/mol. The molecule has 0 saturated carbocycles. The van der Waals surface area contributed by atoms with Crippen LogP contribution in [0.4, 0.5) is 0 Å². The first-order valence-electron chi connectivity index (χ1n) is 7.81. The van der Waals surface area contributed by atoms with E-state index in [1.165, 1.54) is 12.0 Å². The Labute approximate surface area is 123 Å². The van der Waals surface area contributed by atoms with Crippen molar-refractivity contribution in [3.05, 3.63) is 35.9 Å². The van der Waals surface area contributed by atoms with Gasteiger partial charge >= 0.3 is 0 Å². The van der Waals surface area contributed by atoms with Crippen LogP contribution in [0.1, 0.15) is 32.3 Å². The first-order chi connectivity index (χ1) is 9.69. The van der Waals surface area contributed by atoms with E-state index in [4.69, 9.17) is 0 Å². The van der Waals surface area contributed by atoms with E-state index in [0.29, 0.717) is 6.04 Å². The number of rotatable bonds is 7. The molecule has 2 N–H and O–H groups in total. The molecule has 112 valence electrons. The zero-order valence-corrected chi connectivity index (χ0v) is 12.8. The monoisotopic (exact) mass is 276 g/mol. The van der Waals surface area contributed by atoms with Crippen LogP contribution in [0.5, 0.6) is 0 Å². The molecule has 1 aliphatic rings. The maximum Gasteiger partial charge on any atom is 0.0586 e. The van der Waals surface area contributed by atoms with Crippen LogP contribution < -0.4 is 5.32 Å². The van der Waals surface area contributed by atoms with E-state index < -0.39 is 0 Å². The van der Waals surface area contributed by atoms with Gasteiger partial charge in [0.25, 0.3) is 0 Å². The lowest BCUT2D eigenvalue weighted by Crippen LogP contribution is -2.47. The second kappa shape index (κ2) is 7.21. The van der Waals surface area contributed by atoms with Gasteiger partial charge in [0.2, 0.25) is 0 Å². The summed E-state index contributed by atoms with van der Waals surface area (Å²) in [5.74, 6) is 0. The summed E-state index contributed by atoms with van der Waals surface area (Å²) >= 11 is 0. The smallest absolute Gasteiger partial charge is 0.0586 e. The molecule has 0 amide bonds. The van der Waals surface area contributed by atoms with Gasteiger partial charge in [-0.25, -0.2) is 0 Å². The Morgan fingerprint density at radius 2 is 2.10 bits per heavy atom. The van der Waals surface area contributed by atoms with Crippen LogP contribution >= 0.6 is 0 Å². The summed E-state index contributed by atoms with van der Waals surface area (Å²) in [5, 5.41) is 13.0. The van der Waals surface area contributed by atoms with E-state index in [1.807, 2.05) is 0 Å². The first-order valence-corrected chi connectivity index (χ1v) is 7.81. The van der Waals surface area contributed by atoms with Gasteiger partial charge in [-0.15, -0.1) is 0 Å². The Balaban J connectivity index is 2.14. The van der Waals surface area contributed by atoms with Gasteiger partial charge in [0.15, 0.2) is 0 Å². The Morgan fingerprint density at radius 1 is 1.35 bits per heavy atom. The number of nitrogens with zero attached hydrogens (tertiary/aromatic N) is 1. The van der Waals surface area contributed by atoms with Crippen molar-refractivity contribution in [1.29, 1.82) is 0 Å². The molecule has 1 fully saturated rings. The zero-order chi connectivity index (χ0) is 14.4. The van der Waals surface area contributed by atoms with Crippen molar-refractivity contribution in [2.24, 2.45) is 0 Å². The van der Waals surface area contributed by atoms with Gasteiger partial charge < -0.3 is 10.4 Å². The third-order valence-corrected chi connectivity index (χ3v) is 4.50. The standard InChI is InChI=1S/C17H28N2O/c1-3-18-13-17(2,15-8-5-4-6-9-15)14-19-11-7-10-16(19)12-20/h4-6,8-9,16,18,20H,3,7,10-14H2,1-2H3. The predicted octanol–water partition coefficient (Wildman–Crippen LogP) is 2.01. The molecule has 1 aromatic carbocycles. The Morgan fingerprint density at radius 3 is 2.75 bits per heavy atom. The maximum atomic E-state index is 9.52. The van der Waals surface area contributed by atoms with Crippen molar-refractivity contribution < 1.29 is 5.11 Å². The summed E-state index contributed by atoms with van der Waals surface area (Å²) in [6.07, 6.45) is 2.33. The molecule has 20 heavy (non-hydrogen) atoms. The maximum absolute atomic E-state index is 9.52. The van der Waals surface area contributed by atoms with Crippen LogP contribution in [0.25, 0.3) is 0 Å². The lowest BCUT2D eigenvalue weighted by Gasteiger charge is -2.37. The summed E-state index contributed by atoms with van der Waals surface area (Å²) in [5.41, 5.74) is 1.47. The molecular weight excluding hydrogens is 248 g/mol. The molecule has 0 radical (unpaired) electrons. The number of aliphatic hydroxyl groups excluding tert-OH is 1.